The van der Waals surface area contributed by atoms with Gasteiger partial charge in [0.1, 0.15) is 5.75 Å². The van der Waals surface area contributed by atoms with Crippen LogP contribution in [0.25, 0.3) is 0 Å². The summed E-state index contributed by atoms with van der Waals surface area (Å²) >= 11 is 0. The monoisotopic (exact) mass is 296 g/mol. The number of carbonyl (C=O) groups is 2. The number of urea groups is 1. The van der Waals surface area contributed by atoms with E-state index in [-0.39, 0.29) is 25.8 Å². The van der Waals surface area contributed by atoms with Crippen LogP contribution in [0.1, 0.15) is 13.8 Å². The number of hydrogen-bond acceptors (Lipinski definition) is 5. The number of aliphatic hydroxyl groups excluding tert-OH is 1. The molecule has 0 unspecified atom stereocenters. The Morgan fingerprint density at radius 1 is 1.24 bits per heavy atom. The molecule has 0 aliphatic rings. The van der Waals surface area contributed by atoms with Crippen molar-refractivity contribution in [3.05, 3.63) is 24.3 Å². The second-order valence-corrected chi connectivity index (χ2v) is 4.04. The lowest BCUT2D eigenvalue weighted by Crippen LogP contribution is -2.36. The Bertz CT molecular complexity index is 461. The Morgan fingerprint density at radius 3 is 2.43 bits per heavy atom. The lowest BCUT2D eigenvalue weighted by molar-refractivity contribution is 0.104. The minimum atomic E-state index is -0.769. The molecule has 21 heavy (non-hydrogen) atoms. The molecule has 116 valence electrons. The molecule has 0 heterocycles. The first kappa shape index (κ1) is 16.8. The van der Waals surface area contributed by atoms with Crippen LogP contribution in [0.3, 0.4) is 0 Å². The fourth-order valence-corrected chi connectivity index (χ4v) is 1.58. The van der Waals surface area contributed by atoms with Gasteiger partial charge in [0.05, 0.1) is 13.2 Å². The zero-order valence-corrected chi connectivity index (χ0v) is 12.2. The van der Waals surface area contributed by atoms with E-state index < -0.39 is 6.16 Å². The lowest BCUT2D eigenvalue weighted by Gasteiger charge is -2.20. The van der Waals surface area contributed by atoms with Crippen LogP contribution in [0.15, 0.2) is 24.3 Å². The molecule has 0 aromatic heterocycles. The van der Waals surface area contributed by atoms with Crippen molar-refractivity contribution in [2.24, 2.45) is 0 Å². The fraction of sp³-hybridized carbons (Fsp3) is 0.429. The summed E-state index contributed by atoms with van der Waals surface area (Å²) in [6, 6.07) is 6.02. The summed E-state index contributed by atoms with van der Waals surface area (Å²) in [5.74, 6) is 0.328. The lowest BCUT2D eigenvalue weighted by atomic mass is 10.3. The molecule has 2 amide bonds. The summed E-state index contributed by atoms with van der Waals surface area (Å²) in [5, 5.41) is 11.6. The van der Waals surface area contributed by atoms with Gasteiger partial charge < -0.3 is 24.8 Å². The van der Waals surface area contributed by atoms with Gasteiger partial charge in [-0.3, -0.25) is 0 Å². The topological polar surface area (TPSA) is 88.1 Å². The van der Waals surface area contributed by atoms with Crippen LogP contribution in [0.2, 0.25) is 0 Å². The molecule has 1 aromatic rings. The van der Waals surface area contributed by atoms with Gasteiger partial charge in [-0.1, -0.05) is 0 Å². The van der Waals surface area contributed by atoms with Crippen molar-refractivity contribution in [3.8, 4) is 5.75 Å². The van der Waals surface area contributed by atoms with Crippen LogP contribution in [0.4, 0.5) is 15.3 Å². The van der Waals surface area contributed by atoms with Gasteiger partial charge in [0, 0.05) is 18.8 Å². The number of nitrogens with zero attached hydrogens (tertiary/aromatic N) is 1. The molecular formula is C14H20N2O5. The average Bonchev–Trinajstić information content (AvgIpc) is 2.47. The number of nitrogens with one attached hydrogen (secondary N) is 1. The van der Waals surface area contributed by atoms with Gasteiger partial charge in [-0.25, -0.2) is 9.59 Å². The van der Waals surface area contributed by atoms with Crippen molar-refractivity contribution in [1.29, 1.82) is 0 Å². The second-order valence-electron chi connectivity index (χ2n) is 4.04. The van der Waals surface area contributed by atoms with Crippen LogP contribution < -0.4 is 10.1 Å². The maximum Gasteiger partial charge on any atom is 0.513 e. The predicted molar refractivity (Wildman–Crippen MR) is 77.4 cm³/mol. The number of ether oxygens (including phenoxy) is 2. The number of carbonyl (C=O) groups excluding carboxylic acids is 2. The molecule has 2 N–H and O–H groups in total. The first-order valence-corrected chi connectivity index (χ1v) is 6.72. The van der Waals surface area contributed by atoms with E-state index in [0.29, 0.717) is 18.0 Å². The van der Waals surface area contributed by atoms with Gasteiger partial charge in [-0.05, 0) is 38.1 Å². The third-order valence-corrected chi connectivity index (χ3v) is 2.61. The summed E-state index contributed by atoms with van der Waals surface area (Å²) in [5.41, 5.74) is 0.563. The van der Waals surface area contributed by atoms with Crippen molar-refractivity contribution >= 4 is 17.9 Å². The molecule has 0 bridgehead atoms. The number of aliphatic hydroxyl groups is 1. The van der Waals surface area contributed by atoms with Gasteiger partial charge in [-0.15, -0.1) is 0 Å². The highest BCUT2D eigenvalue weighted by molar-refractivity contribution is 5.89. The van der Waals surface area contributed by atoms with E-state index in [0.717, 1.165) is 0 Å². The Balaban J connectivity index is 2.57. The Labute approximate surface area is 123 Å². The summed E-state index contributed by atoms with van der Waals surface area (Å²) in [7, 11) is 0. The molecule has 0 aliphatic heterocycles. The molecular weight excluding hydrogens is 276 g/mol. The first-order chi connectivity index (χ1) is 10.1. The molecule has 0 spiro atoms. The number of rotatable bonds is 6. The number of benzene rings is 1. The summed E-state index contributed by atoms with van der Waals surface area (Å²) in [6.45, 7) is 4.43. The highest BCUT2D eigenvalue weighted by Gasteiger charge is 2.11. The quantitative estimate of drug-likeness (QED) is 0.619. The van der Waals surface area contributed by atoms with Crippen molar-refractivity contribution in [2.75, 3.05) is 31.6 Å². The van der Waals surface area contributed by atoms with E-state index in [4.69, 9.17) is 9.84 Å². The van der Waals surface area contributed by atoms with Gasteiger partial charge in [0.2, 0.25) is 0 Å². The molecule has 7 heteroatoms. The van der Waals surface area contributed by atoms with Gasteiger partial charge in [0.25, 0.3) is 0 Å². The SMILES string of the molecule is CCOC(=O)Oc1ccc(NC(=O)N(CC)CCO)cc1. The van der Waals surface area contributed by atoms with Crippen LogP contribution in [-0.2, 0) is 4.74 Å². The van der Waals surface area contributed by atoms with Crippen LogP contribution in [-0.4, -0.2) is 48.5 Å². The number of likely N-dealkylation sites (N-methyl/N-ethyl adjacent to an activating group) is 1. The highest BCUT2D eigenvalue weighted by Crippen LogP contribution is 2.16. The van der Waals surface area contributed by atoms with Gasteiger partial charge in [-0.2, -0.15) is 0 Å². The van der Waals surface area contributed by atoms with E-state index in [1.54, 1.807) is 31.2 Å². The van der Waals surface area contributed by atoms with Crippen LogP contribution >= 0.6 is 0 Å². The minimum absolute atomic E-state index is 0.0897. The van der Waals surface area contributed by atoms with Crippen molar-refractivity contribution in [3.63, 3.8) is 0 Å². The first-order valence-electron chi connectivity index (χ1n) is 6.72. The average molecular weight is 296 g/mol. The Kier molecular flexibility index (Phi) is 7.03. The third-order valence-electron chi connectivity index (χ3n) is 2.61. The Morgan fingerprint density at radius 2 is 1.90 bits per heavy atom. The van der Waals surface area contributed by atoms with Crippen molar-refractivity contribution in [2.45, 2.75) is 13.8 Å². The number of anilines is 1. The second kappa shape index (κ2) is 8.80. The van der Waals surface area contributed by atoms with E-state index in [1.165, 1.54) is 4.90 Å². The van der Waals surface area contributed by atoms with Crippen molar-refractivity contribution < 1.29 is 24.2 Å². The molecule has 1 aromatic carbocycles. The smallest absolute Gasteiger partial charge is 0.434 e. The maximum atomic E-state index is 11.9. The van der Waals surface area contributed by atoms with E-state index in [2.05, 4.69) is 10.1 Å². The molecule has 0 atom stereocenters. The Hall–Kier alpha value is -2.28. The number of amides is 2. The van der Waals surface area contributed by atoms with E-state index >= 15 is 0 Å². The summed E-state index contributed by atoms with van der Waals surface area (Å²) in [6.07, 6.45) is -0.769. The zero-order chi connectivity index (χ0) is 15.7. The predicted octanol–water partition coefficient (Wildman–Crippen LogP) is 2.07. The van der Waals surface area contributed by atoms with Crippen LogP contribution in [0.5, 0.6) is 5.75 Å². The van der Waals surface area contributed by atoms with E-state index in [1.807, 2.05) is 6.92 Å². The minimum Gasteiger partial charge on any atom is -0.434 e. The molecule has 0 radical (unpaired) electrons. The molecule has 0 aliphatic carbocycles. The molecule has 1 rings (SSSR count). The normalized spacial score (nSPS) is 9.86. The van der Waals surface area contributed by atoms with E-state index in [9.17, 15) is 9.59 Å². The fourth-order valence-electron chi connectivity index (χ4n) is 1.58. The molecule has 0 saturated heterocycles. The van der Waals surface area contributed by atoms with Crippen LogP contribution in [0, 0.1) is 0 Å². The third kappa shape index (κ3) is 5.70. The largest absolute Gasteiger partial charge is 0.513 e. The maximum absolute atomic E-state index is 11.9. The molecule has 7 nitrogen and oxygen atoms in total. The standard InChI is InChI=1S/C14H20N2O5/c1-3-16(9-10-17)13(18)15-11-5-7-12(8-6-11)21-14(19)20-4-2/h5-8,17H,3-4,9-10H2,1-2H3,(H,15,18). The van der Waals surface area contributed by atoms with Crippen molar-refractivity contribution in [1.82, 2.24) is 4.90 Å². The summed E-state index contributed by atoms with van der Waals surface area (Å²) < 4.78 is 9.56. The van der Waals surface area contributed by atoms with Gasteiger partial charge >= 0.3 is 12.2 Å². The summed E-state index contributed by atoms with van der Waals surface area (Å²) in [4.78, 5) is 24.5. The highest BCUT2D eigenvalue weighted by atomic mass is 16.7. The number of hydrogen-bond donors (Lipinski definition) is 2. The molecule has 0 saturated carbocycles. The van der Waals surface area contributed by atoms with Gasteiger partial charge in [0.15, 0.2) is 0 Å². The zero-order valence-electron chi connectivity index (χ0n) is 12.2. The molecule has 0 fully saturated rings.